The molecular formula is C25H21N3O. The first-order chi connectivity index (χ1) is 14.1. The average molecular weight is 379 g/mol. The zero-order chi connectivity index (χ0) is 20.2. The Balaban J connectivity index is 1.82. The van der Waals surface area contributed by atoms with Gasteiger partial charge in [-0.1, -0.05) is 66.7 Å². The zero-order valence-corrected chi connectivity index (χ0v) is 15.8. The maximum Gasteiger partial charge on any atom is 0.256 e. The second-order valence-corrected chi connectivity index (χ2v) is 6.76. The average Bonchev–Trinajstić information content (AvgIpc) is 2.76. The van der Waals surface area contributed by atoms with E-state index in [4.69, 9.17) is 11.5 Å². The predicted molar refractivity (Wildman–Crippen MR) is 121 cm³/mol. The van der Waals surface area contributed by atoms with E-state index in [-0.39, 0.29) is 5.91 Å². The van der Waals surface area contributed by atoms with Gasteiger partial charge in [-0.15, -0.1) is 0 Å². The van der Waals surface area contributed by atoms with Crippen molar-refractivity contribution in [3.05, 3.63) is 103 Å². The van der Waals surface area contributed by atoms with Crippen LogP contribution < -0.4 is 16.8 Å². The number of nitrogen functional groups attached to an aromatic ring is 2. The standard InChI is InChI=1S/C25H21N3O/c26-19-11-13-20(14-12-19)28-25(29)22-16-15-21(17-7-3-1-4-8-17)24(27)23(22)18-9-5-2-6-10-18/h1-16H,26-27H2,(H,28,29). The van der Waals surface area contributed by atoms with Crippen molar-refractivity contribution >= 4 is 23.0 Å². The molecule has 0 radical (unpaired) electrons. The third kappa shape index (κ3) is 3.82. The maximum atomic E-state index is 13.1. The molecule has 0 aromatic heterocycles. The van der Waals surface area contributed by atoms with E-state index < -0.39 is 0 Å². The van der Waals surface area contributed by atoms with Crippen LogP contribution in [0.1, 0.15) is 10.4 Å². The number of amides is 1. The van der Waals surface area contributed by atoms with E-state index in [1.807, 2.05) is 72.8 Å². The van der Waals surface area contributed by atoms with Crippen molar-refractivity contribution in [2.75, 3.05) is 16.8 Å². The molecule has 5 N–H and O–H groups in total. The molecule has 0 bridgehead atoms. The van der Waals surface area contributed by atoms with Crippen molar-refractivity contribution in [3.8, 4) is 22.3 Å². The Bertz CT molecular complexity index is 1140. The lowest BCUT2D eigenvalue weighted by Crippen LogP contribution is -2.14. The molecule has 0 heterocycles. The van der Waals surface area contributed by atoms with Gasteiger partial charge in [-0.2, -0.15) is 0 Å². The number of carbonyl (C=O) groups excluding carboxylic acids is 1. The molecule has 0 saturated carbocycles. The fourth-order valence-corrected chi connectivity index (χ4v) is 3.36. The molecule has 1 amide bonds. The summed E-state index contributed by atoms with van der Waals surface area (Å²) >= 11 is 0. The van der Waals surface area contributed by atoms with E-state index in [1.165, 1.54) is 0 Å². The van der Waals surface area contributed by atoms with E-state index >= 15 is 0 Å². The molecule has 4 heteroatoms. The number of carbonyl (C=O) groups is 1. The van der Waals surface area contributed by atoms with Crippen LogP contribution in [0.2, 0.25) is 0 Å². The van der Waals surface area contributed by atoms with Crippen LogP contribution in [0.5, 0.6) is 0 Å². The van der Waals surface area contributed by atoms with E-state index in [0.717, 1.165) is 22.3 Å². The number of benzene rings is 4. The number of hydrogen-bond donors (Lipinski definition) is 3. The fraction of sp³-hybridized carbons (Fsp3) is 0. The van der Waals surface area contributed by atoms with Crippen molar-refractivity contribution in [2.45, 2.75) is 0 Å². The summed E-state index contributed by atoms with van der Waals surface area (Å²) in [7, 11) is 0. The van der Waals surface area contributed by atoms with Gasteiger partial charge < -0.3 is 16.8 Å². The molecule has 0 saturated heterocycles. The quantitative estimate of drug-likeness (QED) is 0.413. The van der Waals surface area contributed by atoms with Gasteiger partial charge in [0.2, 0.25) is 0 Å². The fourth-order valence-electron chi connectivity index (χ4n) is 3.36. The van der Waals surface area contributed by atoms with Gasteiger partial charge in [-0.05, 0) is 41.5 Å². The van der Waals surface area contributed by atoms with Gasteiger partial charge in [0.05, 0.1) is 0 Å². The van der Waals surface area contributed by atoms with E-state index in [0.29, 0.717) is 22.6 Å². The van der Waals surface area contributed by atoms with Crippen molar-refractivity contribution in [2.24, 2.45) is 0 Å². The van der Waals surface area contributed by atoms with Crippen LogP contribution in [-0.4, -0.2) is 5.91 Å². The number of nitrogens with one attached hydrogen (secondary N) is 1. The van der Waals surface area contributed by atoms with Crippen LogP contribution in [0.25, 0.3) is 22.3 Å². The Morgan fingerprint density at radius 3 is 1.86 bits per heavy atom. The van der Waals surface area contributed by atoms with Gasteiger partial charge in [0.15, 0.2) is 0 Å². The predicted octanol–water partition coefficient (Wildman–Crippen LogP) is 5.44. The lowest BCUT2D eigenvalue weighted by molar-refractivity contribution is 0.102. The number of rotatable bonds is 4. The Morgan fingerprint density at radius 2 is 1.24 bits per heavy atom. The molecule has 0 spiro atoms. The molecule has 4 nitrogen and oxygen atoms in total. The maximum absolute atomic E-state index is 13.1. The van der Waals surface area contributed by atoms with Gasteiger partial charge in [0.25, 0.3) is 5.91 Å². The summed E-state index contributed by atoms with van der Waals surface area (Å²) in [6, 6.07) is 30.4. The number of nitrogens with two attached hydrogens (primary N) is 2. The van der Waals surface area contributed by atoms with Crippen LogP contribution in [-0.2, 0) is 0 Å². The first kappa shape index (κ1) is 18.3. The Labute approximate surface area is 169 Å². The largest absolute Gasteiger partial charge is 0.399 e. The highest BCUT2D eigenvalue weighted by atomic mass is 16.1. The minimum atomic E-state index is -0.222. The molecule has 0 atom stereocenters. The Hall–Kier alpha value is -4.05. The van der Waals surface area contributed by atoms with Crippen LogP contribution in [0.4, 0.5) is 17.1 Å². The minimum Gasteiger partial charge on any atom is -0.399 e. The van der Waals surface area contributed by atoms with Crippen molar-refractivity contribution < 1.29 is 4.79 Å². The SMILES string of the molecule is Nc1ccc(NC(=O)c2ccc(-c3ccccc3)c(N)c2-c2ccccc2)cc1. The molecule has 0 aliphatic rings. The van der Waals surface area contributed by atoms with Gasteiger partial charge >= 0.3 is 0 Å². The van der Waals surface area contributed by atoms with Gasteiger partial charge in [-0.3, -0.25) is 4.79 Å². The molecule has 0 aliphatic heterocycles. The molecular weight excluding hydrogens is 358 g/mol. The summed E-state index contributed by atoms with van der Waals surface area (Å²) in [6.45, 7) is 0. The highest BCUT2D eigenvalue weighted by Gasteiger charge is 2.19. The molecule has 0 fully saturated rings. The van der Waals surface area contributed by atoms with Gasteiger partial charge in [-0.25, -0.2) is 0 Å². The van der Waals surface area contributed by atoms with Crippen LogP contribution in [0, 0.1) is 0 Å². The second-order valence-electron chi connectivity index (χ2n) is 6.76. The zero-order valence-electron chi connectivity index (χ0n) is 15.8. The van der Waals surface area contributed by atoms with Crippen molar-refractivity contribution in [1.82, 2.24) is 0 Å². The number of hydrogen-bond acceptors (Lipinski definition) is 3. The first-order valence-electron chi connectivity index (χ1n) is 9.33. The molecule has 0 unspecified atom stereocenters. The minimum absolute atomic E-state index is 0.222. The third-order valence-corrected chi connectivity index (χ3v) is 4.81. The lowest BCUT2D eigenvalue weighted by atomic mass is 9.91. The number of anilines is 3. The van der Waals surface area contributed by atoms with Crippen LogP contribution in [0.15, 0.2) is 97.1 Å². The molecule has 4 aromatic carbocycles. The molecule has 0 aliphatic carbocycles. The van der Waals surface area contributed by atoms with E-state index in [1.54, 1.807) is 24.3 Å². The molecule has 4 aromatic rings. The van der Waals surface area contributed by atoms with Crippen LogP contribution in [0.3, 0.4) is 0 Å². The summed E-state index contributed by atoms with van der Waals surface area (Å²) in [5.74, 6) is -0.222. The molecule has 142 valence electrons. The Kier molecular flexibility index (Phi) is 4.99. The topological polar surface area (TPSA) is 81.1 Å². The summed E-state index contributed by atoms with van der Waals surface area (Å²) in [5, 5.41) is 2.93. The van der Waals surface area contributed by atoms with Crippen molar-refractivity contribution in [1.29, 1.82) is 0 Å². The van der Waals surface area contributed by atoms with Crippen molar-refractivity contribution in [3.63, 3.8) is 0 Å². The Morgan fingerprint density at radius 1 is 0.655 bits per heavy atom. The second kappa shape index (κ2) is 7.90. The lowest BCUT2D eigenvalue weighted by Gasteiger charge is -2.17. The summed E-state index contributed by atoms with van der Waals surface area (Å²) in [6.07, 6.45) is 0. The van der Waals surface area contributed by atoms with Crippen LogP contribution >= 0.6 is 0 Å². The smallest absolute Gasteiger partial charge is 0.256 e. The van der Waals surface area contributed by atoms with E-state index in [2.05, 4.69) is 5.32 Å². The monoisotopic (exact) mass is 379 g/mol. The summed E-state index contributed by atoms with van der Waals surface area (Å²) in [5.41, 5.74) is 18.3. The normalized spacial score (nSPS) is 10.5. The highest BCUT2D eigenvalue weighted by Crippen LogP contribution is 2.37. The van der Waals surface area contributed by atoms with Gasteiger partial charge in [0.1, 0.15) is 0 Å². The summed E-state index contributed by atoms with van der Waals surface area (Å²) in [4.78, 5) is 13.1. The van der Waals surface area contributed by atoms with E-state index in [9.17, 15) is 4.79 Å². The summed E-state index contributed by atoms with van der Waals surface area (Å²) < 4.78 is 0. The van der Waals surface area contributed by atoms with Gasteiger partial charge in [0, 0.05) is 33.8 Å². The molecule has 29 heavy (non-hydrogen) atoms. The molecule has 4 rings (SSSR count). The highest BCUT2D eigenvalue weighted by molar-refractivity contribution is 6.12. The third-order valence-electron chi connectivity index (χ3n) is 4.81. The first-order valence-corrected chi connectivity index (χ1v) is 9.33.